The van der Waals surface area contributed by atoms with Gasteiger partial charge in [-0.15, -0.1) is 0 Å². The Hall–Kier alpha value is -2.00. The molecule has 3 heteroatoms. The predicted octanol–water partition coefficient (Wildman–Crippen LogP) is 3.04. The van der Waals surface area contributed by atoms with E-state index < -0.39 is 0 Å². The molecular formula is C16H19NO2. The second kappa shape index (κ2) is 6.25. The van der Waals surface area contributed by atoms with Gasteiger partial charge in [-0.2, -0.15) is 0 Å². The maximum absolute atomic E-state index is 5.87. The van der Waals surface area contributed by atoms with Crippen LogP contribution in [-0.4, -0.2) is 7.11 Å². The smallest absolute Gasteiger partial charge is 0.125 e. The lowest BCUT2D eigenvalue weighted by molar-refractivity contribution is 0.294. The lowest BCUT2D eigenvalue weighted by Crippen LogP contribution is -2.01. The molecule has 0 saturated heterocycles. The van der Waals surface area contributed by atoms with Crippen LogP contribution in [0.5, 0.6) is 11.5 Å². The Morgan fingerprint density at radius 3 is 2.58 bits per heavy atom. The summed E-state index contributed by atoms with van der Waals surface area (Å²) in [5.41, 5.74) is 8.85. The first kappa shape index (κ1) is 13.4. The molecule has 0 aliphatic heterocycles. The fourth-order valence-corrected chi connectivity index (χ4v) is 1.90. The summed E-state index contributed by atoms with van der Waals surface area (Å²) in [6.45, 7) is 3.03. The van der Waals surface area contributed by atoms with Crippen molar-refractivity contribution in [2.45, 2.75) is 20.1 Å². The molecule has 0 aliphatic rings. The number of hydrogen-bond acceptors (Lipinski definition) is 3. The van der Waals surface area contributed by atoms with E-state index in [9.17, 15) is 0 Å². The number of methoxy groups -OCH3 is 1. The summed E-state index contributed by atoms with van der Waals surface area (Å²) in [6.07, 6.45) is 0. The number of aryl methyl sites for hydroxylation is 1. The Morgan fingerprint density at radius 1 is 1.05 bits per heavy atom. The second-order valence-corrected chi connectivity index (χ2v) is 4.40. The molecule has 19 heavy (non-hydrogen) atoms. The van der Waals surface area contributed by atoms with Gasteiger partial charge in [0.15, 0.2) is 0 Å². The van der Waals surface area contributed by atoms with E-state index in [4.69, 9.17) is 15.2 Å². The molecule has 2 N–H and O–H groups in total. The topological polar surface area (TPSA) is 44.5 Å². The molecule has 0 bridgehead atoms. The zero-order chi connectivity index (χ0) is 13.7. The third kappa shape index (κ3) is 3.26. The number of hydrogen-bond donors (Lipinski definition) is 1. The molecule has 2 aromatic carbocycles. The first-order valence-electron chi connectivity index (χ1n) is 6.29. The van der Waals surface area contributed by atoms with E-state index in [1.54, 1.807) is 7.11 Å². The first-order chi connectivity index (χ1) is 9.24. The third-order valence-corrected chi connectivity index (χ3v) is 3.06. The quantitative estimate of drug-likeness (QED) is 0.895. The SMILES string of the molecule is COc1ccccc1COc1cc(CN)ccc1C. The standard InChI is InChI=1S/C16H19NO2/c1-12-7-8-13(10-17)9-16(12)19-11-14-5-3-4-6-15(14)18-2/h3-9H,10-11,17H2,1-2H3. The van der Waals surface area contributed by atoms with Crippen LogP contribution in [-0.2, 0) is 13.2 Å². The fraction of sp³-hybridized carbons (Fsp3) is 0.250. The van der Waals surface area contributed by atoms with Gasteiger partial charge < -0.3 is 15.2 Å². The van der Waals surface area contributed by atoms with E-state index in [0.29, 0.717) is 13.2 Å². The molecule has 2 aromatic rings. The molecule has 0 heterocycles. The van der Waals surface area contributed by atoms with Crippen LogP contribution in [0, 0.1) is 6.92 Å². The minimum Gasteiger partial charge on any atom is -0.496 e. The molecule has 0 spiro atoms. The van der Waals surface area contributed by atoms with Gasteiger partial charge in [-0.25, -0.2) is 0 Å². The number of ether oxygens (including phenoxy) is 2. The molecule has 3 nitrogen and oxygen atoms in total. The molecule has 0 unspecified atom stereocenters. The number of para-hydroxylation sites is 1. The summed E-state index contributed by atoms with van der Waals surface area (Å²) in [6, 6.07) is 13.9. The van der Waals surface area contributed by atoms with Crippen molar-refractivity contribution in [3.63, 3.8) is 0 Å². The van der Waals surface area contributed by atoms with Crippen LogP contribution in [0.4, 0.5) is 0 Å². The first-order valence-corrected chi connectivity index (χ1v) is 6.29. The molecule has 2 rings (SSSR count). The van der Waals surface area contributed by atoms with Gasteiger partial charge in [0.1, 0.15) is 18.1 Å². The molecule has 0 atom stereocenters. The highest BCUT2D eigenvalue weighted by Gasteiger charge is 2.05. The third-order valence-electron chi connectivity index (χ3n) is 3.06. The van der Waals surface area contributed by atoms with Gasteiger partial charge in [-0.05, 0) is 30.2 Å². The van der Waals surface area contributed by atoms with E-state index in [0.717, 1.165) is 28.2 Å². The number of benzene rings is 2. The highest BCUT2D eigenvalue weighted by molar-refractivity contribution is 5.38. The number of rotatable bonds is 5. The summed E-state index contributed by atoms with van der Waals surface area (Å²) in [4.78, 5) is 0. The van der Waals surface area contributed by atoms with Gasteiger partial charge in [0.2, 0.25) is 0 Å². The molecule has 100 valence electrons. The Labute approximate surface area is 114 Å². The average Bonchev–Trinajstić information content (AvgIpc) is 2.46. The van der Waals surface area contributed by atoms with Crippen molar-refractivity contribution in [1.29, 1.82) is 0 Å². The van der Waals surface area contributed by atoms with Crippen molar-refractivity contribution < 1.29 is 9.47 Å². The Bertz CT molecular complexity index is 552. The van der Waals surface area contributed by atoms with Crippen LogP contribution in [0.15, 0.2) is 42.5 Å². The Morgan fingerprint density at radius 2 is 1.84 bits per heavy atom. The van der Waals surface area contributed by atoms with Gasteiger partial charge in [0, 0.05) is 12.1 Å². The maximum atomic E-state index is 5.87. The maximum Gasteiger partial charge on any atom is 0.125 e. The molecule has 0 fully saturated rings. The van der Waals surface area contributed by atoms with Crippen molar-refractivity contribution in [2.24, 2.45) is 5.73 Å². The number of nitrogens with two attached hydrogens (primary N) is 1. The van der Waals surface area contributed by atoms with Crippen LogP contribution >= 0.6 is 0 Å². The molecule has 0 radical (unpaired) electrons. The molecule has 0 aliphatic carbocycles. The summed E-state index contributed by atoms with van der Waals surface area (Å²) >= 11 is 0. The van der Waals surface area contributed by atoms with Gasteiger partial charge >= 0.3 is 0 Å². The Balaban J connectivity index is 2.14. The fourth-order valence-electron chi connectivity index (χ4n) is 1.90. The van der Waals surface area contributed by atoms with E-state index in [2.05, 4.69) is 0 Å². The van der Waals surface area contributed by atoms with Crippen molar-refractivity contribution in [3.8, 4) is 11.5 Å². The summed E-state index contributed by atoms with van der Waals surface area (Å²) in [5.74, 6) is 1.71. The second-order valence-electron chi connectivity index (χ2n) is 4.40. The zero-order valence-corrected chi connectivity index (χ0v) is 11.3. The minimum atomic E-state index is 0.485. The van der Waals surface area contributed by atoms with E-state index in [1.165, 1.54) is 0 Å². The zero-order valence-electron chi connectivity index (χ0n) is 11.3. The average molecular weight is 257 g/mol. The van der Waals surface area contributed by atoms with Crippen LogP contribution in [0.2, 0.25) is 0 Å². The van der Waals surface area contributed by atoms with Crippen LogP contribution in [0.3, 0.4) is 0 Å². The molecule has 0 saturated carbocycles. The monoisotopic (exact) mass is 257 g/mol. The van der Waals surface area contributed by atoms with E-state index in [1.807, 2.05) is 49.4 Å². The van der Waals surface area contributed by atoms with Crippen LogP contribution in [0.1, 0.15) is 16.7 Å². The lowest BCUT2D eigenvalue weighted by Gasteiger charge is -2.12. The van der Waals surface area contributed by atoms with Crippen molar-refractivity contribution in [1.82, 2.24) is 0 Å². The van der Waals surface area contributed by atoms with E-state index in [-0.39, 0.29) is 0 Å². The van der Waals surface area contributed by atoms with Crippen molar-refractivity contribution in [2.75, 3.05) is 7.11 Å². The normalized spacial score (nSPS) is 10.3. The van der Waals surface area contributed by atoms with Crippen LogP contribution in [0.25, 0.3) is 0 Å². The van der Waals surface area contributed by atoms with Gasteiger partial charge in [0.25, 0.3) is 0 Å². The Kier molecular flexibility index (Phi) is 4.42. The summed E-state index contributed by atoms with van der Waals surface area (Å²) < 4.78 is 11.2. The largest absolute Gasteiger partial charge is 0.496 e. The minimum absolute atomic E-state index is 0.485. The summed E-state index contributed by atoms with van der Waals surface area (Å²) in [5, 5.41) is 0. The molecule has 0 aromatic heterocycles. The lowest BCUT2D eigenvalue weighted by atomic mass is 10.1. The molecular weight excluding hydrogens is 238 g/mol. The van der Waals surface area contributed by atoms with Gasteiger partial charge in [-0.1, -0.05) is 30.3 Å². The van der Waals surface area contributed by atoms with Crippen molar-refractivity contribution >= 4 is 0 Å². The highest BCUT2D eigenvalue weighted by atomic mass is 16.5. The van der Waals surface area contributed by atoms with E-state index >= 15 is 0 Å². The van der Waals surface area contributed by atoms with Gasteiger partial charge in [0.05, 0.1) is 7.11 Å². The van der Waals surface area contributed by atoms with Gasteiger partial charge in [-0.3, -0.25) is 0 Å². The van der Waals surface area contributed by atoms with Crippen LogP contribution < -0.4 is 15.2 Å². The molecule has 0 amide bonds. The summed E-state index contributed by atoms with van der Waals surface area (Å²) in [7, 11) is 1.67. The van der Waals surface area contributed by atoms with Crippen molar-refractivity contribution in [3.05, 3.63) is 59.2 Å². The predicted molar refractivity (Wildman–Crippen MR) is 76.4 cm³/mol. The highest BCUT2D eigenvalue weighted by Crippen LogP contribution is 2.23.